The first-order valence-corrected chi connectivity index (χ1v) is 6.99. The number of hydrogen-bond acceptors (Lipinski definition) is 1. The van der Waals surface area contributed by atoms with Gasteiger partial charge < -0.3 is 4.42 Å². The Kier molecular flexibility index (Phi) is 3.45. The Morgan fingerprint density at radius 3 is 1.70 bits per heavy atom. The lowest BCUT2D eigenvalue weighted by molar-refractivity contribution is 0.327. The maximum Gasteiger partial charge on any atom is 0.186 e. The van der Waals surface area contributed by atoms with Crippen LogP contribution in [0.5, 0.6) is 5.75 Å². The monoisotopic (exact) mass is 271 g/mol. The summed E-state index contributed by atoms with van der Waals surface area (Å²) in [5, 5.41) is 12.8. The second-order valence-electron chi connectivity index (χ2n) is 7.41. The Morgan fingerprint density at radius 1 is 0.850 bits per heavy atom. The van der Waals surface area contributed by atoms with Crippen molar-refractivity contribution in [1.29, 1.82) is 0 Å². The summed E-state index contributed by atoms with van der Waals surface area (Å²) in [6, 6.07) is 5.93. The van der Waals surface area contributed by atoms with E-state index in [0.717, 1.165) is 22.3 Å². The van der Waals surface area contributed by atoms with Crippen molar-refractivity contribution >= 4 is 0 Å². The molecule has 107 valence electrons. The van der Waals surface area contributed by atoms with E-state index in [-0.39, 0.29) is 16.6 Å². The highest BCUT2D eigenvalue weighted by Gasteiger charge is 2.28. The molecular formula is C18H23O2. The fourth-order valence-electron chi connectivity index (χ4n) is 2.34. The van der Waals surface area contributed by atoms with Gasteiger partial charge in [0, 0.05) is 16.7 Å². The van der Waals surface area contributed by atoms with Crippen LogP contribution in [0.1, 0.15) is 52.7 Å². The van der Waals surface area contributed by atoms with E-state index in [9.17, 15) is 5.11 Å². The molecule has 2 rings (SSSR count). The average molecular weight is 271 g/mol. The summed E-state index contributed by atoms with van der Waals surface area (Å²) in [5.41, 5.74) is 3.45. The van der Waals surface area contributed by atoms with Gasteiger partial charge in [0.25, 0.3) is 0 Å². The third-order valence-electron chi connectivity index (χ3n) is 3.56. The summed E-state index contributed by atoms with van der Waals surface area (Å²) in [6.45, 7) is 12.5. The Balaban J connectivity index is 2.74. The number of hydrogen-bond donors (Lipinski definition) is 0. The topological polar surface area (TPSA) is 33.0 Å². The summed E-state index contributed by atoms with van der Waals surface area (Å²) in [7, 11) is 0. The molecule has 0 aliphatic carbocycles. The van der Waals surface area contributed by atoms with Gasteiger partial charge in [0.05, 0.1) is 12.5 Å². The molecule has 0 atom stereocenters. The summed E-state index contributed by atoms with van der Waals surface area (Å²) >= 11 is 0. The van der Waals surface area contributed by atoms with E-state index in [1.54, 1.807) is 12.5 Å². The highest BCUT2D eigenvalue weighted by molar-refractivity contribution is 5.68. The van der Waals surface area contributed by atoms with Crippen molar-refractivity contribution in [3.8, 4) is 16.9 Å². The Morgan fingerprint density at radius 2 is 1.35 bits per heavy atom. The first kappa shape index (κ1) is 14.7. The highest BCUT2D eigenvalue weighted by Crippen LogP contribution is 2.42. The molecule has 0 spiro atoms. The summed E-state index contributed by atoms with van der Waals surface area (Å²) in [5.74, 6) is 0.164. The van der Waals surface area contributed by atoms with Gasteiger partial charge in [-0.1, -0.05) is 41.5 Å². The SMILES string of the molecule is CC(C)(C)c1cc(-c2ccoc2)cc(C(C)(C)C)c1[O]. The van der Waals surface area contributed by atoms with E-state index < -0.39 is 0 Å². The molecule has 1 heterocycles. The van der Waals surface area contributed by atoms with Crippen LogP contribution in [-0.4, -0.2) is 0 Å². The van der Waals surface area contributed by atoms with Crippen LogP contribution < -0.4 is 0 Å². The third-order valence-corrected chi connectivity index (χ3v) is 3.56. The minimum absolute atomic E-state index is 0.164. The highest BCUT2D eigenvalue weighted by atomic mass is 16.3. The quantitative estimate of drug-likeness (QED) is 0.656. The van der Waals surface area contributed by atoms with Crippen LogP contribution in [0, 0.1) is 0 Å². The third kappa shape index (κ3) is 2.74. The van der Waals surface area contributed by atoms with Crippen molar-refractivity contribution < 1.29 is 9.52 Å². The normalized spacial score (nSPS) is 12.7. The van der Waals surface area contributed by atoms with Crippen molar-refractivity contribution in [3.05, 3.63) is 41.9 Å². The zero-order valence-corrected chi connectivity index (χ0v) is 13.2. The lowest BCUT2D eigenvalue weighted by atomic mass is 9.78. The molecule has 0 saturated heterocycles. The maximum absolute atomic E-state index is 12.8. The number of furan rings is 1. The first-order valence-electron chi connectivity index (χ1n) is 6.99. The zero-order valence-electron chi connectivity index (χ0n) is 13.2. The van der Waals surface area contributed by atoms with Crippen molar-refractivity contribution in [2.75, 3.05) is 0 Å². The van der Waals surface area contributed by atoms with Crippen LogP contribution in [0.4, 0.5) is 0 Å². The molecule has 0 amide bonds. The second-order valence-corrected chi connectivity index (χ2v) is 7.41. The van der Waals surface area contributed by atoms with Gasteiger partial charge in [-0.25, -0.2) is 0 Å². The van der Waals surface area contributed by atoms with E-state index >= 15 is 0 Å². The predicted octanol–water partition coefficient (Wildman–Crippen LogP) is 5.69. The smallest absolute Gasteiger partial charge is 0.186 e. The van der Waals surface area contributed by atoms with E-state index in [2.05, 4.69) is 41.5 Å². The lowest BCUT2D eigenvalue weighted by Gasteiger charge is -2.26. The predicted molar refractivity (Wildman–Crippen MR) is 81.7 cm³/mol. The fourth-order valence-corrected chi connectivity index (χ4v) is 2.34. The molecule has 1 aromatic heterocycles. The summed E-state index contributed by atoms with van der Waals surface area (Å²) in [4.78, 5) is 0. The van der Waals surface area contributed by atoms with Crippen LogP contribution in [0.2, 0.25) is 0 Å². The molecular weight excluding hydrogens is 248 g/mol. The number of benzene rings is 1. The Labute approximate surface area is 121 Å². The molecule has 0 aliphatic rings. The standard InChI is InChI=1S/C18H23O2/c1-17(2,3)14-9-13(12-7-8-20-11-12)10-15(16(14)19)18(4,5)6/h7-11H,1-6H3. The van der Waals surface area contributed by atoms with Crippen LogP contribution in [0.15, 0.2) is 35.1 Å². The molecule has 0 saturated carbocycles. The molecule has 0 unspecified atom stereocenters. The fraction of sp³-hybridized carbons (Fsp3) is 0.444. The minimum atomic E-state index is -0.170. The van der Waals surface area contributed by atoms with Crippen molar-refractivity contribution in [2.45, 2.75) is 52.4 Å². The Hall–Kier alpha value is -1.70. The van der Waals surface area contributed by atoms with Gasteiger partial charge in [-0.2, -0.15) is 0 Å². The van der Waals surface area contributed by atoms with Crippen LogP contribution in [0.25, 0.3) is 11.1 Å². The van der Waals surface area contributed by atoms with Crippen molar-refractivity contribution in [2.24, 2.45) is 0 Å². The first-order chi connectivity index (χ1) is 9.10. The summed E-state index contributed by atoms with van der Waals surface area (Å²) in [6.07, 6.45) is 3.38. The van der Waals surface area contributed by atoms with Crippen molar-refractivity contribution in [1.82, 2.24) is 0 Å². The molecule has 0 N–H and O–H groups in total. The molecule has 1 aromatic carbocycles. The Bertz CT molecular complexity index is 558. The molecule has 20 heavy (non-hydrogen) atoms. The van der Waals surface area contributed by atoms with Gasteiger partial charge in [-0.05, 0) is 34.6 Å². The van der Waals surface area contributed by atoms with Gasteiger partial charge in [-0.3, -0.25) is 5.11 Å². The van der Waals surface area contributed by atoms with Crippen LogP contribution in [0.3, 0.4) is 0 Å². The second kappa shape index (κ2) is 4.69. The number of rotatable bonds is 1. The molecule has 0 fully saturated rings. The van der Waals surface area contributed by atoms with Crippen LogP contribution in [-0.2, 0) is 15.9 Å². The van der Waals surface area contributed by atoms with Crippen molar-refractivity contribution in [3.63, 3.8) is 0 Å². The zero-order chi connectivity index (χ0) is 15.1. The molecule has 2 aromatic rings. The summed E-state index contributed by atoms with van der Waals surface area (Å²) < 4.78 is 5.17. The molecule has 0 aliphatic heterocycles. The van der Waals surface area contributed by atoms with Gasteiger partial charge in [-0.15, -0.1) is 0 Å². The maximum atomic E-state index is 12.8. The molecule has 2 nitrogen and oxygen atoms in total. The molecule has 0 bridgehead atoms. The van der Waals surface area contributed by atoms with Gasteiger partial charge in [0.15, 0.2) is 5.75 Å². The van der Waals surface area contributed by atoms with Gasteiger partial charge in [0.2, 0.25) is 0 Å². The van der Waals surface area contributed by atoms with E-state index in [4.69, 9.17) is 4.42 Å². The van der Waals surface area contributed by atoms with Gasteiger partial charge in [0.1, 0.15) is 0 Å². The van der Waals surface area contributed by atoms with E-state index in [1.165, 1.54) is 0 Å². The van der Waals surface area contributed by atoms with E-state index in [1.807, 2.05) is 18.2 Å². The lowest BCUT2D eigenvalue weighted by Crippen LogP contribution is -2.17. The average Bonchev–Trinajstić information content (AvgIpc) is 2.79. The van der Waals surface area contributed by atoms with Gasteiger partial charge >= 0.3 is 0 Å². The van der Waals surface area contributed by atoms with Crippen LogP contribution >= 0.6 is 0 Å². The molecule has 2 heteroatoms. The molecule has 1 radical (unpaired) electrons. The largest absolute Gasteiger partial charge is 0.472 e. The van der Waals surface area contributed by atoms with E-state index in [0.29, 0.717) is 0 Å². The minimum Gasteiger partial charge on any atom is -0.472 e.